The van der Waals surface area contributed by atoms with E-state index in [1.807, 2.05) is 38.2 Å². The van der Waals surface area contributed by atoms with E-state index in [0.717, 1.165) is 22.4 Å². The summed E-state index contributed by atoms with van der Waals surface area (Å²) in [7, 11) is 1.54. The molecule has 1 spiro atoms. The molecule has 3 aliphatic heterocycles. The van der Waals surface area contributed by atoms with E-state index in [4.69, 9.17) is 4.74 Å². The second-order valence-corrected chi connectivity index (χ2v) is 7.68. The smallest absolute Gasteiger partial charge is 0.291 e. The zero-order valence-corrected chi connectivity index (χ0v) is 15.5. The molecule has 4 atom stereocenters. The molecular formula is C19H24N3O4+. The van der Waals surface area contributed by atoms with Gasteiger partial charge in [0, 0.05) is 12.7 Å². The number of carbonyl (C=O) groups is 3. The fourth-order valence-electron chi connectivity index (χ4n) is 5.06. The number of nitrogens with two attached hydrogens (primary N) is 1. The van der Waals surface area contributed by atoms with E-state index < -0.39 is 17.4 Å². The molecule has 3 N–H and O–H groups in total. The van der Waals surface area contributed by atoms with Gasteiger partial charge in [-0.2, -0.15) is 0 Å². The largest absolute Gasteiger partial charge is 0.383 e. The molecule has 0 radical (unpaired) electrons. The van der Waals surface area contributed by atoms with Gasteiger partial charge in [0.1, 0.15) is 11.8 Å². The highest BCUT2D eigenvalue weighted by molar-refractivity contribution is 6.14. The zero-order valence-electron chi connectivity index (χ0n) is 15.5. The van der Waals surface area contributed by atoms with Crippen molar-refractivity contribution in [1.82, 2.24) is 4.90 Å². The van der Waals surface area contributed by atoms with Gasteiger partial charge in [-0.3, -0.25) is 19.3 Å². The number of likely N-dealkylation sites (tertiary alicyclic amines) is 1. The number of imide groups is 1. The van der Waals surface area contributed by atoms with Crippen LogP contribution in [0.2, 0.25) is 0 Å². The molecule has 1 aromatic carbocycles. The summed E-state index contributed by atoms with van der Waals surface area (Å²) in [4.78, 5) is 40.5. The second kappa shape index (κ2) is 5.62. The maximum atomic E-state index is 13.2. The Bertz CT molecular complexity index is 836. The highest BCUT2D eigenvalue weighted by atomic mass is 16.5. The first kappa shape index (κ1) is 17.2. The van der Waals surface area contributed by atoms with E-state index in [0.29, 0.717) is 6.61 Å². The van der Waals surface area contributed by atoms with Gasteiger partial charge in [0.15, 0.2) is 0 Å². The number of benzene rings is 1. The highest BCUT2D eigenvalue weighted by Gasteiger charge is 2.73. The maximum absolute atomic E-state index is 13.2. The zero-order chi connectivity index (χ0) is 18.8. The van der Waals surface area contributed by atoms with Gasteiger partial charge in [-0.05, 0) is 32.4 Å². The number of rotatable bonds is 3. The monoisotopic (exact) mass is 358 g/mol. The number of methoxy groups -OCH3 is 1. The van der Waals surface area contributed by atoms with Crippen LogP contribution < -0.4 is 10.6 Å². The minimum absolute atomic E-state index is 0.151. The number of amides is 3. The molecule has 1 aromatic rings. The number of ether oxygens (including phenoxy) is 1. The summed E-state index contributed by atoms with van der Waals surface area (Å²) in [5.74, 6) is -1.82. The van der Waals surface area contributed by atoms with Crippen molar-refractivity contribution < 1.29 is 24.4 Å². The molecular weight excluding hydrogens is 334 g/mol. The standard InChI is InChI=1S/C19H23N3O4/c1-9-7-10(2)15-12(8-9)19(18(25)20-15)14-13(11(3)21-19)16(23)22(17(14)24)5-6-26-4/h7-8,11,13-14,21H,5-6H2,1-4H3,(H,20,25)/p+1/t11-,13+,14-,19-/m0/s1. The average molecular weight is 358 g/mol. The van der Waals surface area contributed by atoms with Gasteiger partial charge >= 0.3 is 0 Å². The summed E-state index contributed by atoms with van der Waals surface area (Å²) >= 11 is 0. The van der Waals surface area contributed by atoms with Crippen molar-refractivity contribution >= 4 is 23.4 Å². The van der Waals surface area contributed by atoms with Gasteiger partial charge in [-0.15, -0.1) is 0 Å². The molecule has 4 rings (SSSR count). The van der Waals surface area contributed by atoms with Crippen LogP contribution in [0.1, 0.15) is 23.6 Å². The number of hydrogen-bond donors (Lipinski definition) is 2. The van der Waals surface area contributed by atoms with E-state index in [1.54, 1.807) is 0 Å². The number of nitrogens with zero attached hydrogens (tertiary/aromatic N) is 1. The van der Waals surface area contributed by atoms with Crippen LogP contribution in [0.5, 0.6) is 0 Å². The van der Waals surface area contributed by atoms with Gasteiger partial charge in [0.05, 0.1) is 24.9 Å². The molecule has 3 aliphatic rings. The minimum atomic E-state index is -1.06. The minimum Gasteiger partial charge on any atom is -0.383 e. The van der Waals surface area contributed by atoms with Gasteiger partial charge in [0.25, 0.3) is 5.91 Å². The highest BCUT2D eigenvalue weighted by Crippen LogP contribution is 2.49. The number of fused-ring (bicyclic) bond motifs is 4. The Labute approximate surface area is 152 Å². The van der Waals surface area contributed by atoms with Crippen molar-refractivity contribution in [3.8, 4) is 0 Å². The Kier molecular flexibility index (Phi) is 3.71. The number of quaternary nitrogens is 1. The Morgan fingerprint density at radius 3 is 2.65 bits per heavy atom. The summed E-state index contributed by atoms with van der Waals surface area (Å²) in [6, 6.07) is 3.84. The van der Waals surface area contributed by atoms with Gasteiger partial charge in [-0.1, -0.05) is 11.6 Å². The van der Waals surface area contributed by atoms with Crippen molar-refractivity contribution in [2.24, 2.45) is 11.8 Å². The van der Waals surface area contributed by atoms with Crippen molar-refractivity contribution in [2.75, 3.05) is 25.6 Å². The third-order valence-corrected chi connectivity index (χ3v) is 6.08. The second-order valence-electron chi connectivity index (χ2n) is 7.68. The Morgan fingerprint density at radius 2 is 1.96 bits per heavy atom. The summed E-state index contributed by atoms with van der Waals surface area (Å²) in [6.07, 6.45) is 0. The Morgan fingerprint density at radius 1 is 1.23 bits per heavy atom. The Hall–Kier alpha value is -2.25. The molecule has 0 bridgehead atoms. The molecule has 138 valence electrons. The van der Waals surface area contributed by atoms with E-state index in [-0.39, 0.29) is 30.3 Å². The molecule has 0 aromatic heterocycles. The van der Waals surface area contributed by atoms with E-state index in [9.17, 15) is 14.4 Å². The molecule has 0 saturated carbocycles. The van der Waals surface area contributed by atoms with Gasteiger partial charge < -0.3 is 15.4 Å². The van der Waals surface area contributed by atoms with Crippen LogP contribution in [-0.4, -0.2) is 48.9 Å². The quantitative estimate of drug-likeness (QED) is 0.724. The normalized spacial score (nSPS) is 32.4. The third-order valence-electron chi connectivity index (χ3n) is 6.08. The first-order valence-electron chi connectivity index (χ1n) is 8.96. The fourth-order valence-corrected chi connectivity index (χ4v) is 5.06. The number of aryl methyl sites for hydroxylation is 2. The van der Waals surface area contributed by atoms with Crippen molar-refractivity contribution in [1.29, 1.82) is 0 Å². The molecule has 0 aliphatic carbocycles. The predicted octanol–water partition coefficient (Wildman–Crippen LogP) is -0.336. The lowest BCUT2D eigenvalue weighted by Crippen LogP contribution is -2.98. The van der Waals surface area contributed by atoms with Gasteiger partial charge in [0.2, 0.25) is 17.4 Å². The van der Waals surface area contributed by atoms with E-state index >= 15 is 0 Å². The first-order valence-corrected chi connectivity index (χ1v) is 8.96. The maximum Gasteiger partial charge on any atom is 0.291 e. The first-order chi connectivity index (χ1) is 12.3. The van der Waals surface area contributed by atoms with Crippen LogP contribution >= 0.6 is 0 Å². The molecule has 2 fully saturated rings. The number of carbonyl (C=O) groups excluding carboxylic acids is 3. The average Bonchev–Trinajstić information content (AvgIpc) is 3.13. The lowest BCUT2D eigenvalue weighted by Gasteiger charge is -2.26. The van der Waals surface area contributed by atoms with Crippen LogP contribution in [-0.2, 0) is 24.7 Å². The molecule has 3 amide bonds. The van der Waals surface area contributed by atoms with Crippen molar-refractivity contribution in [3.05, 3.63) is 28.8 Å². The van der Waals surface area contributed by atoms with Crippen molar-refractivity contribution in [3.63, 3.8) is 0 Å². The Balaban J connectivity index is 1.86. The van der Waals surface area contributed by atoms with Crippen LogP contribution in [0.4, 0.5) is 5.69 Å². The van der Waals surface area contributed by atoms with Crippen LogP contribution in [0.15, 0.2) is 12.1 Å². The molecule has 2 saturated heterocycles. The third kappa shape index (κ3) is 1.98. The summed E-state index contributed by atoms with van der Waals surface area (Å²) in [5.41, 5.74) is 2.55. The summed E-state index contributed by atoms with van der Waals surface area (Å²) in [5, 5.41) is 4.90. The van der Waals surface area contributed by atoms with Crippen LogP contribution in [0, 0.1) is 25.7 Å². The topological polar surface area (TPSA) is 92.3 Å². The lowest BCUT2D eigenvalue weighted by atomic mass is 9.76. The molecule has 7 heteroatoms. The molecule has 0 unspecified atom stereocenters. The van der Waals surface area contributed by atoms with Crippen LogP contribution in [0.25, 0.3) is 0 Å². The molecule has 3 heterocycles. The lowest BCUT2D eigenvalue weighted by molar-refractivity contribution is -0.730. The predicted molar refractivity (Wildman–Crippen MR) is 93.2 cm³/mol. The SMILES string of the molecule is COCCN1C(=O)[C@@H]2[C@H](C)[NH2+][C@]3(C(=O)Nc4c(C)cc(C)cc43)[C@@H]2C1=O. The molecule has 7 nitrogen and oxygen atoms in total. The number of anilines is 1. The van der Waals surface area contributed by atoms with E-state index in [2.05, 4.69) is 5.32 Å². The van der Waals surface area contributed by atoms with Crippen molar-refractivity contribution in [2.45, 2.75) is 32.4 Å². The number of nitrogens with one attached hydrogen (secondary N) is 1. The fraction of sp³-hybridized carbons (Fsp3) is 0.526. The molecule has 26 heavy (non-hydrogen) atoms. The summed E-state index contributed by atoms with van der Waals surface area (Å²) in [6.45, 7) is 6.37. The van der Waals surface area contributed by atoms with E-state index in [1.165, 1.54) is 12.0 Å². The van der Waals surface area contributed by atoms with Gasteiger partial charge in [-0.25, -0.2) is 0 Å². The summed E-state index contributed by atoms with van der Waals surface area (Å²) < 4.78 is 5.04. The number of hydrogen-bond acceptors (Lipinski definition) is 4. The van der Waals surface area contributed by atoms with Crippen LogP contribution in [0.3, 0.4) is 0 Å².